The summed E-state index contributed by atoms with van der Waals surface area (Å²) >= 11 is 1.60. The number of thiazole rings is 1. The van der Waals surface area contributed by atoms with Gasteiger partial charge in [-0.3, -0.25) is 14.0 Å². The summed E-state index contributed by atoms with van der Waals surface area (Å²) in [4.78, 5) is 29.0. The summed E-state index contributed by atoms with van der Waals surface area (Å²) in [5, 5.41) is 4.91. The fourth-order valence-corrected chi connectivity index (χ4v) is 3.72. The monoisotopic (exact) mass is 419 g/mol. The van der Waals surface area contributed by atoms with Crippen LogP contribution in [0.25, 0.3) is 16.2 Å². The van der Waals surface area contributed by atoms with E-state index < -0.39 is 0 Å². The second-order valence-corrected chi connectivity index (χ2v) is 7.75. The lowest BCUT2D eigenvalue weighted by atomic mass is 10.1. The molecule has 0 atom stereocenters. The summed E-state index contributed by atoms with van der Waals surface area (Å²) in [5.41, 5.74) is 3.33. The van der Waals surface area contributed by atoms with Gasteiger partial charge in [-0.2, -0.15) is 0 Å². The Kier molecular flexibility index (Phi) is 5.90. The first-order valence-corrected chi connectivity index (χ1v) is 10.5. The first-order chi connectivity index (χ1) is 14.6. The van der Waals surface area contributed by atoms with Crippen LogP contribution < -0.4 is 10.1 Å². The van der Waals surface area contributed by atoms with Gasteiger partial charge in [-0.1, -0.05) is 12.1 Å². The fourth-order valence-electron chi connectivity index (χ4n) is 3.02. The van der Waals surface area contributed by atoms with Gasteiger partial charge in [0.05, 0.1) is 12.3 Å². The summed E-state index contributed by atoms with van der Waals surface area (Å²) < 4.78 is 7.62. The first-order valence-electron chi connectivity index (χ1n) is 9.65. The molecule has 0 bridgehead atoms. The average Bonchev–Trinajstić information content (AvgIpc) is 3.34. The second-order valence-electron chi connectivity index (χ2n) is 6.88. The van der Waals surface area contributed by atoms with Crippen LogP contribution in [-0.4, -0.2) is 27.7 Å². The molecule has 4 rings (SSSR count). The van der Waals surface area contributed by atoms with E-state index in [1.165, 1.54) is 6.92 Å². The van der Waals surface area contributed by atoms with Gasteiger partial charge in [-0.25, -0.2) is 4.98 Å². The van der Waals surface area contributed by atoms with Crippen molar-refractivity contribution in [3.8, 4) is 17.0 Å². The maximum atomic E-state index is 12.2. The third-order valence-electron chi connectivity index (χ3n) is 4.64. The molecule has 0 saturated heterocycles. The normalized spacial score (nSPS) is 10.8. The number of imidazole rings is 1. The number of carbonyl (C=O) groups excluding carboxylic acids is 2. The van der Waals surface area contributed by atoms with Gasteiger partial charge in [0.15, 0.2) is 10.7 Å². The van der Waals surface area contributed by atoms with E-state index in [1.807, 2.05) is 46.4 Å². The highest BCUT2D eigenvalue weighted by molar-refractivity contribution is 7.15. The number of rotatable bonds is 8. The Morgan fingerprint density at radius 3 is 2.57 bits per heavy atom. The average molecular weight is 420 g/mol. The molecule has 7 heteroatoms. The maximum absolute atomic E-state index is 12.2. The molecule has 0 unspecified atom stereocenters. The molecule has 0 aliphatic carbocycles. The van der Waals surface area contributed by atoms with Gasteiger partial charge in [0.2, 0.25) is 5.91 Å². The SMILES string of the molecule is CC(=O)c1ccc(OCCCC(=O)Nc2ccc(-c3cn4ccsc4n3)cc2)cc1. The number of fused-ring (bicyclic) bond motifs is 1. The Balaban J connectivity index is 1.23. The molecular weight excluding hydrogens is 398 g/mol. The number of carbonyl (C=O) groups is 2. The maximum Gasteiger partial charge on any atom is 0.224 e. The third kappa shape index (κ3) is 4.75. The molecule has 2 heterocycles. The molecule has 0 aliphatic rings. The van der Waals surface area contributed by atoms with E-state index in [0.717, 1.165) is 21.9 Å². The lowest BCUT2D eigenvalue weighted by Gasteiger charge is -2.08. The zero-order valence-corrected chi connectivity index (χ0v) is 17.3. The highest BCUT2D eigenvalue weighted by atomic mass is 32.1. The highest BCUT2D eigenvalue weighted by Gasteiger charge is 2.07. The van der Waals surface area contributed by atoms with Gasteiger partial charge in [0.25, 0.3) is 0 Å². The Hall–Kier alpha value is -3.45. The van der Waals surface area contributed by atoms with E-state index >= 15 is 0 Å². The number of nitrogens with zero attached hydrogens (tertiary/aromatic N) is 2. The molecule has 152 valence electrons. The summed E-state index contributed by atoms with van der Waals surface area (Å²) in [7, 11) is 0. The standard InChI is InChI=1S/C23H21N3O3S/c1-16(27)17-6-10-20(11-7-17)29-13-2-3-22(28)24-19-8-4-18(5-9-19)21-15-26-12-14-30-23(26)25-21/h4-12,14-15H,2-3,13H2,1H3,(H,24,28). The molecular formula is C23H21N3O3S. The molecule has 1 amide bonds. The van der Waals surface area contributed by atoms with Crippen molar-refractivity contribution in [1.29, 1.82) is 0 Å². The smallest absolute Gasteiger partial charge is 0.224 e. The summed E-state index contributed by atoms with van der Waals surface area (Å²) in [6.07, 6.45) is 4.94. The number of hydrogen-bond acceptors (Lipinski definition) is 5. The second kappa shape index (κ2) is 8.92. The van der Waals surface area contributed by atoms with Crippen molar-refractivity contribution in [3.05, 3.63) is 71.9 Å². The predicted molar refractivity (Wildman–Crippen MR) is 118 cm³/mol. The summed E-state index contributed by atoms with van der Waals surface area (Å²) in [6, 6.07) is 14.7. The topological polar surface area (TPSA) is 72.7 Å². The molecule has 1 N–H and O–H groups in total. The fraction of sp³-hybridized carbons (Fsp3) is 0.174. The Morgan fingerprint density at radius 2 is 1.87 bits per heavy atom. The minimum Gasteiger partial charge on any atom is -0.494 e. The Labute approximate surface area is 178 Å². The minimum absolute atomic E-state index is 0.0241. The lowest BCUT2D eigenvalue weighted by molar-refractivity contribution is -0.116. The van der Waals surface area contributed by atoms with E-state index in [1.54, 1.807) is 35.6 Å². The Bertz CT molecular complexity index is 1130. The number of anilines is 1. The number of ether oxygens (including phenoxy) is 1. The number of aromatic nitrogens is 2. The molecule has 2 aromatic heterocycles. The van der Waals surface area contributed by atoms with Crippen LogP contribution in [0.3, 0.4) is 0 Å². The predicted octanol–water partition coefficient (Wildman–Crippen LogP) is 5.06. The van der Waals surface area contributed by atoms with Crippen LogP contribution in [0.5, 0.6) is 5.75 Å². The van der Waals surface area contributed by atoms with E-state index in [9.17, 15) is 9.59 Å². The van der Waals surface area contributed by atoms with Gasteiger partial charge < -0.3 is 10.1 Å². The van der Waals surface area contributed by atoms with Crippen molar-refractivity contribution in [3.63, 3.8) is 0 Å². The number of hydrogen-bond donors (Lipinski definition) is 1. The van der Waals surface area contributed by atoms with Crippen LogP contribution in [0, 0.1) is 0 Å². The molecule has 0 saturated carbocycles. The van der Waals surface area contributed by atoms with Crippen LogP contribution in [0.1, 0.15) is 30.1 Å². The zero-order valence-electron chi connectivity index (χ0n) is 16.5. The van der Waals surface area contributed by atoms with Crippen molar-refractivity contribution in [2.45, 2.75) is 19.8 Å². The Morgan fingerprint density at radius 1 is 1.10 bits per heavy atom. The van der Waals surface area contributed by atoms with E-state index in [0.29, 0.717) is 30.8 Å². The number of amides is 1. The van der Waals surface area contributed by atoms with Crippen LogP contribution >= 0.6 is 11.3 Å². The lowest BCUT2D eigenvalue weighted by Crippen LogP contribution is -2.12. The summed E-state index contributed by atoms with van der Waals surface area (Å²) in [5.74, 6) is 0.659. The molecule has 30 heavy (non-hydrogen) atoms. The van der Waals surface area contributed by atoms with Gasteiger partial charge in [-0.15, -0.1) is 11.3 Å². The van der Waals surface area contributed by atoms with Crippen LogP contribution in [0.2, 0.25) is 0 Å². The van der Waals surface area contributed by atoms with Crippen molar-refractivity contribution >= 4 is 33.7 Å². The van der Waals surface area contributed by atoms with Crippen molar-refractivity contribution < 1.29 is 14.3 Å². The van der Waals surface area contributed by atoms with Crippen LogP contribution in [-0.2, 0) is 4.79 Å². The van der Waals surface area contributed by atoms with Gasteiger partial charge in [0, 0.05) is 41.0 Å². The molecule has 0 spiro atoms. The zero-order chi connectivity index (χ0) is 20.9. The molecule has 0 aliphatic heterocycles. The molecule has 4 aromatic rings. The van der Waals surface area contributed by atoms with Crippen LogP contribution in [0.4, 0.5) is 5.69 Å². The molecule has 0 radical (unpaired) electrons. The van der Waals surface area contributed by atoms with Gasteiger partial charge in [0.1, 0.15) is 5.75 Å². The van der Waals surface area contributed by atoms with Crippen molar-refractivity contribution in [2.75, 3.05) is 11.9 Å². The van der Waals surface area contributed by atoms with Gasteiger partial charge in [-0.05, 0) is 49.7 Å². The van der Waals surface area contributed by atoms with E-state index in [2.05, 4.69) is 10.3 Å². The first kappa shape index (κ1) is 19.8. The largest absolute Gasteiger partial charge is 0.494 e. The number of nitrogens with one attached hydrogen (secondary N) is 1. The molecule has 6 nitrogen and oxygen atoms in total. The quantitative estimate of drug-likeness (QED) is 0.320. The molecule has 2 aromatic carbocycles. The number of ketones is 1. The van der Waals surface area contributed by atoms with Gasteiger partial charge >= 0.3 is 0 Å². The molecule has 0 fully saturated rings. The number of Topliss-reactive ketones (excluding diaryl/α,β-unsaturated/α-hetero) is 1. The van der Waals surface area contributed by atoms with Crippen molar-refractivity contribution in [2.24, 2.45) is 0 Å². The number of benzene rings is 2. The van der Waals surface area contributed by atoms with E-state index in [4.69, 9.17) is 4.74 Å². The third-order valence-corrected chi connectivity index (χ3v) is 5.41. The minimum atomic E-state index is -0.0548. The van der Waals surface area contributed by atoms with E-state index in [-0.39, 0.29) is 11.7 Å². The van der Waals surface area contributed by atoms with Crippen LogP contribution in [0.15, 0.2) is 66.3 Å². The highest BCUT2D eigenvalue weighted by Crippen LogP contribution is 2.23. The van der Waals surface area contributed by atoms with Crippen molar-refractivity contribution in [1.82, 2.24) is 9.38 Å². The summed E-state index contributed by atoms with van der Waals surface area (Å²) in [6.45, 7) is 1.96.